The first-order valence-electron chi connectivity index (χ1n) is 7.15. The number of nitrogens with one attached hydrogen (secondary N) is 2. The summed E-state index contributed by atoms with van der Waals surface area (Å²) in [5, 5.41) is 4.86. The molecule has 0 atom stereocenters. The van der Waals surface area contributed by atoms with E-state index in [4.69, 9.17) is 0 Å². The second-order valence-electron chi connectivity index (χ2n) is 5.21. The molecule has 1 aromatic heterocycles. The van der Waals surface area contributed by atoms with Crippen LogP contribution in [0.25, 0.3) is 10.9 Å². The van der Waals surface area contributed by atoms with Crippen LogP contribution >= 0.6 is 0 Å². The zero-order valence-corrected chi connectivity index (χ0v) is 11.8. The van der Waals surface area contributed by atoms with Gasteiger partial charge >= 0.3 is 0 Å². The molecule has 0 spiro atoms. The van der Waals surface area contributed by atoms with Crippen LogP contribution in [0.15, 0.2) is 54.7 Å². The van der Waals surface area contributed by atoms with E-state index in [1.165, 1.54) is 27.6 Å². The maximum absolute atomic E-state index is 3.55. The minimum atomic E-state index is 0.918. The third kappa shape index (κ3) is 2.75. The highest BCUT2D eigenvalue weighted by Gasteiger charge is 2.01. The Morgan fingerprint density at radius 1 is 0.950 bits per heavy atom. The van der Waals surface area contributed by atoms with Gasteiger partial charge in [-0.15, -0.1) is 0 Å². The summed E-state index contributed by atoms with van der Waals surface area (Å²) in [6.45, 7) is 4.10. The van der Waals surface area contributed by atoms with Gasteiger partial charge in [0.2, 0.25) is 0 Å². The Morgan fingerprint density at radius 2 is 1.80 bits per heavy atom. The number of aromatic amines is 1. The van der Waals surface area contributed by atoms with Gasteiger partial charge in [0.25, 0.3) is 0 Å². The number of aryl methyl sites for hydroxylation is 1. The number of rotatable bonds is 5. The van der Waals surface area contributed by atoms with E-state index in [1.54, 1.807) is 0 Å². The highest BCUT2D eigenvalue weighted by atomic mass is 14.8. The van der Waals surface area contributed by atoms with Gasteiger partial charge in [-0.1, -0.05) is 36.4 Å². The Morgan fingerprint density at radius 3 is 2.70 bits per heavy atom. The van der Waals surface area contributed by atoms with Gasteiger partial charge < -0.3 is 10.3 Å². The fraction of sp³-hybridized carbons (Fsp3) is 0.222. The average Bonchev–Trinajstić information content (AvgIpc) is 2.94. The van der Waals surface area contributed by atoms with E-state index in [0.717, 1.165) is 19.5 Å². The Labute approximate surface area is 119 Å². The molecule has 1 heterocycles. The lowest BCUT2D eigenvalue weighted by molar-refractivity contribution is 0.688. The molecule has 2 aromatic carbocycles. The number of aromatic nitrogens is 1. The zero-order valence-electron chi connectivity index (χ0n) is 11.8. The molecule has 0 unspecified atom stereocenters. The minimum absolute atomic E-state index is 0.918. The maximum Gasteiger partial charge on any atom is 0.0457 e. The first kappa shape index (κ1) is 12.9. The molecule has 0 aliphatic heterocycles. The van der Waals surface area contributed by atoms with Gasteiger partial charge in [0.1, 0.15) is 0 Å². The lowest BCUT2D eigenvalue weighted by atomic mass is 10.1. The smallest absolute Gasteiger partial charge is 0.0457 e. The molecule has 0 radical (unpaired) electrons. The van der Waals surface area contributed by atoms with E-state index < -0.39 is 0 Å². The lowest BCUT2D eigenvalue weighted by Gasteiger charge is -2.08. The molecule has 2 N–H and O–H groups in total. The molecule has 0 amide bonds. The number of hydrogen-bond donors (Lipinski definition) is 2. The number of benzene rings is 2. The van der Waals surface area contributed by atoms with Crippen LogP contribution in [0.3, 0.4) is 0 Å². The summed E-state index contributed by atoms with van der Waals surface area (Å²) in [5.41, 5.74) is 5.37. The molecular weight excluding hydrogens is 244 g/mol. The molecule has 2 nitrogen and oxygen atoms in total. The molecule has 20 heavy (non-hydrogen) atoms. The highest BCUT2D eigenvalue weighted by Crippen LogP contribution is 2.17. The monoisotopic (exact) mass is 264 g/mol. The van der Waals surface area contributed by atoms with Gasteiger partial charge in [-0.3, -0.25) is 0 Å². The second kappa shape index (κ2) is 5.93. The molecule has 0 saturated heterocycles. The van der Waals surface area contributed by atoms with Crippen molar-refractivity contribution in [1.82, 2.24) is 10.3 Å². The summed E-state index contributed by atoms with van der Waals surface area (Å²) in [5.74, 6) is 0. The van der Waals surface area contributed by atoms with Gasteiger partial charge in [-0.25, -0.2) is 0 Å². The normalized spacial score (nSPS) is 11.1. The van der Waals surface area contributed by atoms with E-state index in [2.05, 4.69) is 65.8 Å². The second-order valence-corrected chi connectivity index (χ2v) is 5.21. The van der Waals surface area contributed by atoms with Crippen LogP contribution in [0.2, 0.25) is 0 Å². The number of H-pyrrole nitrogens is 1. The van der Waals surface area contributed by atoms with Crippen molar-refractivity contribution in [2.75, 3.05) is 6.54 Å². The van der Waals surface area contributed by atoms with Gasteiger partial charge in [0.15, 0.2) is 0 Å². The van der Waals surface area contributed by atoms with Crippen molar-refractivity contribution in [2.45, 2.75) is 19.9 Å². The van der Waals surface area contributed by atoms with Crippen LogP contribution < -0.4 is 5.32 Å². The molecule has 3 rings (SSSR count). The molecule has 2 heteroatoms. The topological polar surface area (TPSA) is 27.8 Å². The van der Waals surface area contributed by atoms with Crippen molar-refractivity contribution in [3.05, 3.63) is 71.4 Å². The van der Waals surface area contributed by atoms with E-state index in [-0.39, 0.29) is 0 Å². The van der Waals surface area contributed by atoms with Crippen molar-refractivity contribution < 1.29 is 0 Å². The quantitative estimate of drug-likeness (QED) is 0.674. The summed E-state index contributed by atoms with van der Waals surface area (Å²) in [7, 11) is 0. The van der Waals surface area contributed by atoms with Crippen LogP contribution in [-0.2, 0) is 13.0 Å². The molecule has 0 saturated carbocycles. The van der Waals surface area contributed by atoms with Crippen molar-refractivity contribution in [3.8, 4) is 0 Å². The summed E-state index contributed by atoms with van der Waals surface area (Å²) in [6.07, 6.45) is 3.08. The average molecular weight is 264 g/mol. The Balaban J connectivity index is 1.58. The molecule has 0 fully saturated rings. The van der Waals surface area contributed by atoms with E-state index in [9.17, 15) is 0 Å². The van der Waals surface area contributed by atoms with Crippen LogP contribution in [0, 0.1) is 6.92 Å². The molecule has 3 aromatic rings. The summed E-state index contributed by atoms with van der Waals surface area (Å²) in [6, 6.07) is 17.2. The number of hydrogen-bond acceptors (Lipinski definition) is 1. The van der Waals surface area contributed by atoms with Crippen molar-refractivity contribution >= 4 is 10.9 Å². The lowest BCUT2D eigenvalue weighted by Crippen LogP contribution is -2.17. The molecule has 0 aliphatic carbocycles. The molecule has 0 bridgehead atoms. The van der Waals surface area contributed by atoms with E-state index in [0.29, 0.717) is 0 Å². The van der Waals surface area contributed by atoms with Gasteiger partial charge in [0.05, 0.1) is 0 Å². The Hall–Kier alpha value is -2.06. The minimum Gasteiger partial charge on any atom is -0.361 e. The maximum atomic E-state index is 3.55. The van der Waals surface area contributed by atoms with Crippen LogP contribution in [0.1, 0.15) is 16.7 Å². The predicted molar refractivity (Wildman–Crippen MR) is 84.9 cm³/mol. The SMILES string of the molecule is Cc1ccccc1CCNCc1cccc2[nH]ccc12. The zero-order chi connectivity index (χ0) is 13.8. The Kier molecular flexibility index (Phi) is 3.84. The van der Waals surface area contributed by atoms with Crippen molar-refractivity contribution in [1.29, 1.82) is 0 Å². The number of fused-ring (bicyclic) bond motifs is 1. The van der Waals surface area contributed by atoms with Gasteiger partial charge in [0, 0.05) is 23.6 Å². The fourth-order valence-corrected chi connectivity index (χ4v) is 2.64. The van der Waals surface area contributed by atoms with Crippen molar-refractivity contribution in [3.63, 3.8) is 0 Å². The summed E-state index contributed by atoms with van der Waals surface area (Å²) >= 11 is 0. The summed E-state index contributed by atoms with van der Waals surface area (Å²) < 4.78 is 0. The predicted octanol–water partition coefficient (Wildman–Crippen LogP) is 3.81. The van der Waals surface area contributed by atoms with E-state index in [1.807, 2.05) is 6.20 Å². The highest BCUT2D eigenvalue weighted by molar-refractivity contribution is 5.82. The van der Waals surface area contributed by atoms with Crippen molar-refractivity contribution in [2.24, 2.45) is 0 Å². The first-order chi connectivity index (χ1) is 9.84. The third-order valence-corrected chi connectivity index (χ3v) is 3.83. The Bertz CT molecular complexity index is 697. The van der Waals surface area contributed by atoms with Gasteiger partial charge in [-0.2, -0.15) is 0 Å². The van der Waals surface area contributed by atoms with Crippen LogP contribution in [-0.4, -0.2) is 11.5 Å². The molecular formula is C18H20N2. The summed E-state index contributed by atoms with van der Waals surface area (Å²) in [4.78, 5) is 3.26. The first-order valence-corrected chi connectivity index (χ1v) is 7.15. The standard InChI is InChI=1S/C18H20N2/c1-14-5-2-3-6-15(14)9-11-19-13-16-7-4-8-18-17(16)10-12-20-18/h2-8,10,12,19-20H,9,11,13H2,1H3. The largest absolute Gasteiger partial charge is 0.361 e. The molecule has 0 aliphatic rings. The van der Waals surface area contributed by atoms with Gasteiger partial charge in [-0.05, 0) is 48.7 Å². The third-order valence-electron chi connectivity index (χ3n) is 3.83. The fourth-order valence-electron chi connectivity index (χ4n) is 2.64. The van der Waals surface area contributed by atoms with E-state index >= 15 is 0 Å². The molecule has 102 valence electrons. The van der Waals surface area contributed by atoms with Crippen LogP contribution in [0.4, 0.5) is 0 Å². The van der Waals surface area contributed by atoms with Crippen LogP contribution in [0.5, 0.6) is 0 Å².